The summed E-state index contributed by atoms with van der Waals surface area (Å²) < 4.78 is 3.62. The average Bonchev–Trinajstić information content (AvgIpc) is 3.39. The molecule has 0 unspecified atom stereocenters. The molecule has 0 amide bonds. The van der Waals surface area contributed by atoms with Crippen LogP contribution >= 0.6 is 0 Å². The van der Waals surface area contributed by atoms with Gasteiger partial charge in [-0.05, 0) is 18.2 Å². The number of rotatable bonds is 4. The fourth-order valence-corrected chi connectivity index (χ4v) is 3.23. The minimum atomic E-state index is -0.0637. The molecule has 0 radical (unpaired) electrons. The standard InChI is InChI=1S/C19H17N7O/c1-25-14(11-27)8-18(24-25)23-17-7-13(10-26-5-4-21-19(17)26)12-6-16-15(22-9-12)2-3-20-16/h2-10,20,27H,11H2,1H3,(H,23,24). The summed E-state index contributed by atoms with van der Waals surface area (Å²) in [6.07, 6.45) is 9.43. The molecule has 0 aliphatic carbocycles. The highest BCUT2D eigenvalue weighted by atomic mass is 16.3. The van der Waals surface area contributed by atoms with Crippen molar-refractivity contribution in [2.45, 2.75) is 6.61 Å². The van der Waals surface area contributed by atoms with Crippen LogP contribution in [0.5, 0.6) is 0 Å². The van der Waals surface area contributed by atoms with Crippen LogP contribution in [-0.4, -0.2) is 34.2 Å². The SMILES string of the molecule is Cn1nc(Nc2cc(-c3cnc4cc[nH]c4c3)cn3ccnc23)cc1CO. The zero-order chi connectivity index (χ0) is 18.4. The van der Waals surface area contributed by atoms with Crippen LogP contribution in [0.15, 0.2) is 55.2 Å². The van der Waals surface area contributed by atoms with E-state index < -0.39 is 0 Å². The molecular formula is C19H17N7O. The number of aliphatic hydroxyl groups excluding tert-OH is 1. The number of hydrogen-bond donors (Lipinski definition) is 3. The minimum absolute atomic E-state index is 0.0637. The quantitative estimate of drug-likeness (QED) is 0.458. The molecule has 5 aromatic heterocycles. The highest BCUT2D eigenvalue weighted by molar-refractivity contribution is 5.83. The summed E-state index contributed by atoms with van der Waals surface area (Å²) in [6, 6.07) is 7.87. The molecular weight excluding hydrogens is 342 g/mol. The predicted octanol–water partition coefficient (Wildman–Crippen LogP) is 2.85. The highest BCUT2D eigenvalue weighted by Crippen LogP contribution is 2.29. The molecule has 0 aromatic carbocycles. The molecule has 0 aliphatic heterocycles. The van der Waals surface area contributed by atoms with Gasteiger partial charge in [0.2, 0.25) is 0 Å². The lowest BCUT2D eigenvalue weighted by molar-refractivity contribution is 0.270. The zero-order valence-electron chi connectivity index (χ0n) is 14.6. The van der Waals surface area contributed by atoms with E-state index in [-0.39, 0.29) is 6.61 Å². The number of hydrogen-bond acceptors (Lipinski definition) is 5. The third kappa shape index (κ3) is 2.63. The molecule has 27 heavy (non-hydrogen) atoms. The molecule has 0 spiro atoms. The Hall–Kier alpha value is -3.65. The van der Waals surface area contributed by atoms with Crippen molar-refractivity contribution in [3.8, 4) is 11.1 Å². The molecule has 0 aliphatic rings. The van der Waals surface area contributed by atoms with Crippen molar-refractivity contribution < 1.29 is 5.11 Å². The third-order valence-corrected chi connectivity index (χ3v) is 4.62. The maximum Gasteiger partial charge on any atom is 0.160 e. The van der Waals surface area contributed by atoms with Gasteiger partial charge in [-0.2, -0.15) is 5.10 Å². The van der Waals surface area contributed by atoms with Gasteiger partial charge in [-0.3, -0.25) is 9.67 Å². The van der Waals surface area contributed by atoms with Gasteiger partial charge < -0.3 is 19.8 Å². The molecule has 0 saturated carbocycles. The lowest BCUT2D eigenvalue weighted by atomic mass is 10.1. The molecule has 8 heteroatoms. The molecule has 5 heterocycles. The van der Waals surface area contributed by atoms with Crippen LogP contribution in [0.4, 0.5) is 11.5 Å². The van der Waals surface area contributed by atoms with Crippen LogP contribution in [0.25, 0.3) is 27.8 Å². The summed E-state index contributed by atoms with van der Waals surface area (Å²) in [5.74, 6) is 0.654. The second kappa shape index (κ2) is 5.96. The smallest absolute Gasteiger partial charge is 0.160 e. The summed E-state index contributed by atoms with van der Waals surface area (Å²) in [6.45, 7) is -0.0637. The molecule has 5 rings (SSSR count). The molecule has 0 bridgehead atoms. The van der Waals surface area contributed by atoms with Gasteiger partial charge in [-0.1, -0.05) is 0 Å². The number of aliphatic hydroxyl groups is 1. The van der Waals surface area contributed by atoms with E-state index in [1.165, 1.54) is 0 Å². The summed E-state index contributed by atoms with van der Waals surface area (Å²) >= 11 is 0. The van der Waals surface area contributed by atoms with Gasteiger partial charge >= 0.3 is 0 Å². The number of imidazole rings is 1. The molecule has 0 atom stereocenters. The minimum Gasteiger partial charge on any atom is -0.390 e. The van der Waals surface area contributed by atoms with Gasteiger partial charge in [0, 0.05) is 55.2 Å². The monoisotopic (exact) mass is 359 g/mol. The predicted molar refractivity (Wildman–Crippen MR) is 103 cm³/mol. The van der Waals surface area contributed by atoms with E-state index in [1.54, 1.807) is 17.9 Å². The van der Waals surface area contributed by atoms with E-state index in [0.717, 1.165) is 39.2 Å². The maximum atomic E-state index is 9.38. The van der Waals surface area contributed by atoms with Crippen LogP contribution in [0.1, 0.15) is 5.69 Å². The number of aryl methyl sites for hydroxylation is 1. The van der Waals surface area contributed by atoms with Crippen LogP contribution in [0.2, 0.25) is 0 Å². The van der Waals surface area contributed by atoms with Gasteiger partial charge in [0.1, 0.15) is 0 Å². The van der Waals surface area contributed by atoms with Crippen molar-refractivity contribution in [1.82, 2.24) is 29.1 Å². The Morgan fingerprint density at radius 1 is 1.19 bits per heavy atom. The van der Waals surface area contributed by atoms with E-state index in [1.807, 2.05) is 47.4 Å². The van der Waals surface area contributed by atoms with Crippen molar-refractivity contribution in [3.63, 3.8) is 0 Å². The largest absolute Gasteiger partial charge is 0.390 e. The van der Waals surface area contributed by atoms with Gasteiger partial charge in [-0.15, -0.1) is 0 Å². The summed E-state index contributed by atoms with van der Waals surface area (Å²) in [4.78, 5) is 12.1. The van der Waals surface area contributed by atoms with Crippen molar-refractivity contribution in [2.75, 3.05) is 5.32 Å². The maximum absolute atomic E-state index is 9.38. The van der Waals surface area contributed by atoms with Crippen LogP contribution in [0.3, 0.4) is 0 Å². The number of nitrogens with zero attached hydrogens (tertiary/aromatic N) is 5. The highest BCUT2D eigenvalue weighted by Gasteiger charge is 2.11. The number of anilines is 2. The molecule has 5 aromatic rings. The first-order valence-corrected chi connectivity index (χ1v) is 8.52. The van der Waals surface area contributed by atoms with Gasteiger partial charge in [-0.25, -0.2) is 4.98 Å². The van der Waals surface area contributed by atoms with E-state index in [0.29, 0.717) is 5.82 Å². The van der Waals surface area contributed by atoms with E-state index in [2.05, 4.69) is 31.4 Å². The Balaban J connectivity index is 1.61. The Kier molecular flexibility index (Phi) is 3.44. The Bertz CT molecular complexity index is 1260. The molecule has 0 saturated heterocycles. The summed E-state index contributed by atoms with van der Waals surface area (Å²) in [7, 11) is 1.80. The van der Waals surface area contributed by atoms with Crippen molar-refractivity contribution in [3.05, 3.63) is 60.9 Å². The van der Waals surface area contributed by atoms with Gasteiger partial charge in [0.15, 0.2) is 11.5 Å². The van der Waals surface area contributed by atoms with Gasteiger partial charge in [0.25, 0.3) is 0 Å². The molecule has 0 fully saturated rings. The number of aromatic nitrogens is 6. The summed E-state index contributed by atoms with van der Waals surface area (Å²) in [5, 5.41) is 17.1. The fourth-order valence-electron chi connectivity index (χ4n) is 3.23. The first kappa shape index (κ1) is 15.6. The number of pyridine rings is 2. The summed E-state index contributed by atoms with van der Waals surface area (Å²) in [5.41, 5.74) is 6.28. The second-order valence-corrected chi connectivity index (χ2v) is 6.36. The van der Waals surface area contributed by atoms with E-state index >= 15 is 0 Å². The van der Waals surface area contributed by atoms with Crippen LogP contribution in [-0.2, 0) is 13.7 Å². The zero-order valence-corrected chi connectivity index (χ0v) is 14.6. The van der Waals surface area contributed by atoms with Gasteiger partial charge in [0.05, 0.1) is 29.0 Å². The molecule has 8 nitrogen and oxygen atoms in total. The fraction of sp³-hybridized carbons (Fsp3) is 0.105. The lowest BCUT2D eigenvalue weighted by Crippen LogP contribution is -1.99. The number of nitrogens with one attached hydrogen (secondary N) is 2. The van der Waals surface area contributed by atoms with Crippen LogP contribution in [0, 0.1) is 0 Å². The average molecular weight is 359 g/mol. The Morgan fingerprint density at radius 3 is 2.96 bits per heavy atom. The molecule has 134 valence electrons. The second-order valence-electron chi connectivity index (χ2n) is 6.36. The third-order valence-electron chi connectivity index (χ3n) is 4.62. The Labute approximate surface area is 154 Å². The molecule has 3 N–H and O–H groups in total. The number of H-pyrrole nitrogens is 1. The number of aromatic amines is 1. The van der Waals surface area contributed by atoms with Crippen molar-refractivity contribution >= 4 is 28.2 Å². The number of fused-ring (bicyclic) bond motifs is 2. The topological polar surface area (TPSA) is 96.1 Å². The first-order valence-electron chi connectivity index (χ1n) is 8.52. The van der Waals surface area contributed by atoms with E-state index in [9.17, 15) is 5.11 Å². The first-order chi connectivity index (χ1) is 13.2. The van der Waals surface area contributed by atoms with Crippen LogP contribution < -0.4 is 5.32 Å². The van der Waals surface area contributed by atoms with E-state index in [4.69, 9.17) is 0 Å². The normalized spacial score (nSPS) is 11.5. The van der Waals surface area contributed by atoms with Crippen molar-refractivity contribution in [1.29, 1.82) is 0 Å². The lowest BCUT2D eigenvalue weighted by Gasteiger charge is -2.09. The van der Waals surface area contributed by atoms with Crippen molar-refractivity contribution in [2.24, 2.45) is 7.05 Å². The Morgan fingerprint density at radius 2 is 2.11 bits per heavy atom.